The molecule has 6 aromatic carbocycles. The molecule has 0 aliphatic rings. The van der Waals surface area contributed by atoms with Crippen LogP contribution < -0.4 is 0 Å². The number of hydrogen-bond donors (Lipinski definition) is 0. The quantitative estimate of drug-likeness (QED) is 0.175. The van der Waals surface area contributed by atoms with Gasteiger partial charge in [-0.15, -0.1) is 22.7 Å². The number of aryl methyl sites for hydroxylation is 6. The molecule has 4 aromatic heterocycles. The van der Waals surface area contributed by atoms with E-state index in [1.807, 2.05) is 47.5 Å². The highest BCUT2D eigenvalue weighted by molar-refractivity contribution is 7.27. The zero-order valence-electron chi connectivity index (χ0n) is 32.4. The van der Waals surface area contributed by atoms with Crippen LogP contribution in [0.1, 0.15) is 33.4 Å². The van der Waals surface area contributed by atoms with Gasteiger partial charge in [0.1, 0.15) is 0 Å². The lowest BCUT2D eigenvalue weighted by Gasteiger charge is -2.11. The van der Waals surface area contributed by atoms with Crippen molar-refractivity contribution in [1.82, 2.24) is 9.97 Å². The Morgan fingerprint density at radius 3 is 1.05 bits per heavy atom. The van der Waals surface area contributed by atoms with Gasteiger partial charge in [0.25, 0.3) is 0 Å². The molecule has 0 radical (unpaired) electrons. The summed E-state index contributed by atoms with van der Waals surface area (Å²) in [5, 5.41) is 5.40. The molecule has 0 bridgehead atoms. The van der Waals surface area contributed by atoms with Crippen molar-refractivity contribution in [1.29, 1.82) is 0 Å². The van der Waals surface area contributed by atoms with Crippen LogP contribution in [-0.2, 0) is 0 Å². The molecule has 2 nitrogen and oxygen atoms in total. The number of hydrogen-bond acceptors (Lipinski definition) is 4. The highest BCUT2D eigenvalue weighted by atomic mass is 32.1. The van der Waals surface area contributed by atoms with E-state index < -0.39 is 0 Å². The zero-order chi connectivity index (χ0) is 38.2. The maximum absolute atomic E-state index is 4.75. The van der Waals surface area contributed by atoms with Crippen molar-refractivity contribution >= 4 is 63.0 Å². The van der Waals surface area contributed by atoms with Gasteiger partial charge >= 0.3 is 0 Å². The lowest BCUT2D eigenvalue weighted by Crippen LogP contribution is -1.88. The summed E-state index contributed by atoms with van der Waals surface area (Å²) in [6.45, 7) is 13.3. The molecule has 0 N–H and O–H groups in total. The number of rotatable bonds is 5. The molecule has 0 amide bonds. The van der Waals surface area contributed by atoms with E-state index >= 15 is 0 Å². The Balaban J connectivity index is 1.01. The molecule has 0 fully saturated rings. The van der Waals surface area contributed by atoms with Crippen LogP contribution in [0.4, 0.5) is 0 Å². The minimum Gasteiger partial charge on any atom is -0.263 e. The number of pyridine rings is 2. The van der Waals surface area contributed by atoms with Gasteiger partial charge in [-0.1, -0.05) is 59.7 Å². The minimum absolute atomic E-state index is 1.04. The number of fused-ring (bicyclic) bond motifs is 6. The Morgan fingerprint density at radius 2 is 0.643 bits per heavy atom. The predicted molar refractivity (Wildman–Crippen MR) is 243 cm³/mol. The van der Waals surface area contributed by atoms with E-state index in [9.17, 15) is 0 Å². The van der Waals surface area contributed by atoms with Gasteiger partial charge in [-0.2, -0.15) is 0 Å². The summed E-state index contributed by atoms with van der Waals surface area (Å²) in [6, 6.07) is 41.0. The first kappa shape index (κ1) is 34.5. The third-order valence-electron chi connectivity index (χ3n) is 11.1. The van der Waals surface area contributed by atoms with E-state index in [1.165, 1.54) is 96.0 Å². The molecule has 0 unspecified atom stereocenters. The molecule has 270 valence electrons. The van der Waals surface area contributed by atoms with Crippen LogP contribution in [0.2, 0.25) is 0 Å². The lowest BCUT2D eigenvalue weighted by atomic mass is 9.95. The van der Waals surface area contributed by atoms with Crippen molar-refractivity contribution in [3.8, 4) is 55.6 Å². The van der Waals surface area contributed by atoms with Gasteiger partial charge in [-0.25, -0.2) is 0 Å². The van der Waals surface area contributed by atoms with Gasteiger partial charge < -0.3 is 0 Å². The van der Waals surface area contributed by atoms with Crippen molar-refractivity contribution in [3.05, 3.63) is 167 Å². The molecule has 0 aliphatic heterocycles. The molecule has 0 spiro atoms. The Labute approximate surface area is 335 Å². The number of aromatic nitrogens is 2. The Kier molecular flexibility index (Phi) is 8.25. The monoisotopic (exact) mass is 756 g/mol. The summed E-state index contributed by atoms with van der Waals surface area (Å²) in [5.74, 6) is 0. The molecular formula is C52H40N2S2. The maximum Gasteiger partial charge on any atom is 0.0434 e. The highest BCUT2D eigenvalue weighted by Gasteiger charge is 2.17. The fourth-order valence-corrected chi connectivity index (χ4v) is 11.2. The second-order valence-corrected chi connectivity index (χ2v) is 17.6. The minimum atomic E-state index is 1.04. The van der Waals surface area contributed by atoms with Gasteiger partial charge in [0.15, 0.2) is 0 Å². The van der Waals surface area contributed by atoms with Crippen LogP contribution in [0.5, 0.6) is 0 Å². The largest absolute Gasteiger partial charge is 0.263 e. The smallest absolute Gasteiger partial charge is 0.0434 e. The molecule has 0 aliphatic carbocycles. The maximum atomic E-state index is 4.75. The third kappa shape index (κ3) is 5.92. The zero-order valence-corrected chi connectivity index (χ0v) is 34.0. The summed E-state index contributed by atoms with van der Waals surface area (Å²) in [6.07, 6.45) is 7.84. The predicted octanol–water partition coefficient (Wildman–Crippen LogP) is 15.4. The van der Waals surface area contributed by atoms with E-state index in [2.05, 4.69) is 151 Å². The number of nitrogens with zero attached hydrogens (tertiary/aromatic N) is 2. The standard InChI is InChI=1S/C52H40N2S2/c1-29-13-33(5)49-45(17-29)47-19-31(3)15-43(51(47)55-49)37-11-7-9-35(21-37)39-23-41(27-53-25-39)42-24-40(26-54-28-42)36-10-8-12-38(22-36)44-16-32(4)20-48-46-18-30(2)14-34(6)50(46)56-52(44)48/h7-28H,1-6H3. The molecular weight excluding hydrogens is 717 g/mol. The fraction of sp³-hybridized carbons (Fsp3) is 0.115. The van der Waals surface area contributed by atoms with Crippen molar-refractivity contribution in [2.24, 2.45) is 0 Å². The van der Waals surface area contributed by atoms with Gasteiger partial charge in [0.05, 0.1) is 0 Å². The number of thiophene rings is 2. The molecule has 0 saturated carbocycles. The van der Waals surface area contributed by atoms with Gasteiger partial charge in [-0.3, -0.25) is 9.97 Å². The average molecular weight is 757 g/mol. The third-order valence-corrected chi connectivity index (χ3v) is 13.9. The van der Waals surface area contributed by atoms with Crippen LogP contribution in [0.3, 0.4) is 0 Å². The molecule has 10 aromatic rings. The molecule has 56 heavy (non-hydrogen) atoms. The summed E-state index contributed by atoms with van der Waals surface area (Å²) in [4.78, 5) is 9.50. The Morgan fingerprint density at radius 1 is 0.321 bits per heavy atom. The SMILES string of the molecule is Cc1cc(C)c2sc3c(-c4cccc(-c5cncc(-c6cncc(-c7cccc(-c8cc(C)cc9c8sc8c(C)cc(C)cc89)c7)c6)c5)c4)cc(C)cc3c2c1. The summed E-state index contributed by atoms with van der Waals surface area (Å²) < 4.78 is 5.44. The van der Waals surface area contributed by atoms with Crippen LogP contribution in [-0.4, -0.2) is 9.97 Å². The summed E-state index contributed by atoms with van der Waals surface area (Å²) in [7, 11) is 0. The van der Waals surface area contributed by atoms with Crippen LogP contribution in [0, 0.1) is 41.5 Å². The van der Waals surface area contributed by atoms with E-state index in [-0.39, 0.29) is 0 Å². The van der Waals surface area contributed by atoms with Gasteiger partial charge in [0, 0.05) is 87.4 Å². The highest BCUT2D eigenvalue weighted by Crippen LogP contribution is 2.45. The fourth-order valence-electron chi connectivity index (χ4n) is 8.62. The summed E-state index contributed by atoms with van der Waals surface area (Å²) in [5.41, 5.74) is 19.4. The molecule has 4 heterocycles. The molecule has 0 saturated heterocycles. The normalized spacial score (nSPS) is 11.8. The van der Waals surface area contributed by atoms with E-state index in [4.69, 9.17) is 9.97 Å². The number of benzene rings is 6. The topological polar surface area (TPSA) is 25.8 Å². The average Bonchev–Trinajstić information content (AvgIpc) is 3.76. The van der Waals surface area contributed by atoms with Crippen LogP contribution in [0.25, 0.3) is 96.0 Å². The van der Waals surface area contributed by atoms with Crippen molar-refractivity contribution in [3.63, 3.8) is 0 Å². The van der Waals surface area contributed by atoms with Crippen LogP contribution >= 0.6 is 22.7 Å². The first-order valence-electron chi connectivity index (χ1n) is 19.2. The molecule has 4 heteroatoms. The molecule has 10 rings (SSSR count). The lowest BCUT2D eigenvalue weighted by molar-refractivity contribution is 1.30. The van der Waals surface area contributed by atoms with Crippen molar-refractivity contribution in [2.45, 2.75) is 41.5 Å². The van der Waals surface area contributed by atoms with E-state index in [0.717, 1.165) is 33.4 Å². The Bertz CT molecular complexity index is 3000. The van der Waals surface area contributed by atoms with E-state index in [0.29, 0.717) is 0 Å². The van der Waals surface area contributed by atoms with Gasteiger partial charge in [0.2, 0.25) is 0 Å². The first-order chi connectivity index (χ1) is 27.2. The molecule has 0 atom stereocenters. The second kappa shape index (κ2) is 13.4. The van der Waals surface area contributed by atoms with Gasteiger partial charge in [-0.05, 0) is 158 Å². The van der Waals surface area contributed by atoms with Crippen LogP contribution in [0.15, 0.2) is 134 Å². The first-order valence-corrected chi connectivity index (χ1v) is 20.8. The Hall–Kier alpha value is -5.94. The van der Waals surface area contributed by atoms with E-state index in [1.54, 1.807) is 0 Å². The van der Waals surface area contributed by atoms with Crippen molar-refractivity contribution in [2.75, 3.05) is 0 Å². The van der Waals surface area contributed by atoms with Crippen molar-refractivity contribution < 1.29 is 0 Å². The summed E-state index contributed by atoms with van der Waals surface area (Å²) >= 11 is 3.82. The second-order valence-electron chi connectivity index (χ2n) is 15.6.